The Hall–Kier alpha value is -2.63. The Bertz CT molecular complexity index is 693. The number of carbonyl (C=O) groups excluding carboxylic acids is 1. The Morgan fingerprint density at radius 1 is 1.33 bits per heavy atom. The van der Waals surface area contributed by atoms with Gasteiger partial charge in [-0.15, -0.1) is 0 Å². The number of nitrogens with one attached hydrogen (secondary N) is 1. The Morgan fingerprint density at radius 3 is 2.57 bits per heavy atom. The van der Waals surface area contributed by atoms with Crippen LogP contribution >= 0.6 is 0 Å². The first kappa shape index (κ1) is 13.4. The lowest BCUT2D eigenvalue weighted by Crippen LogP contribution is -2.28. The molecule has 0 saturated heterocycles. The quantitative estimate of drug-likeness (QED) is 0.895. The minimum Gasteiger partial charge on any atom is -0.476 e. The summed E-state index contributed by atoms with van der Waals surface area (Å²) < 4.78 is 1.37. The van der Waals surface area contributed by atoms with Crippen LogP contribution in [0, 0.1) is 5.92 Å². The number of carbonyl (C=O) groups is 2. The number of aromatic nitrogens is 2. The van der Waals surface area contributed by atoms with Crippen LogP contribution in [0.15, 0.2) is 36.4 Å². The zero-order valence-electron chi connectivity index (χ0n) is 11.5. The minimum atomic E-state index is -1.15. The standard InChI is InChI=1S/C15H15N3O3/c1-9-7-11(9)16-14(19)13-8-12(15(20)21)17-18(13)10-5-3-2-4-6-10/h2-6,8-9,11H,7H2,1H3,(H,16,19)(H,20,21)/t9-,11+/m0/s1. The molecule has 1 saturated carbocycles. The van der Waals surface area contributed by atoms with Crippen molar-refractivity contribution >= 4 is 11.9 Å². The minimum absolute atomic E-state index is 0.146. The predicted octanol–water partition coefficient (Wildman–Crippen LogP) is 1.71. The van der Waals surface area contributed by atoms with Crippen molar-refractivity contribution in [3.8, 4) is 5.69 Å². The van der Waals surface area contributed by atoms with Gasteiger partial charge in [-0.3, -0.25) is 4.79 Å². The molecule has 1 aliphatic rings. The number of hydrogen-bond acceptors (Lipinski definition) is 3. The molecule has 1 heterocycles. The smallest absolute Gasteiger partial charge is 0.356 e. The molecular formula is C15H15N3O3. The van der Waals surface area contributed by atoms with Crippen molar-refractivity contribution in [2.24, 2.45) is 5.92 Å². The molecule has 0 aliphatic heterocycles. The highest BCUT2D eigenvalue weighted by atomic mass is 16.4. The van der Waals surface area contributed by atoms with E-state index >= 15 is 0 Å². The summed E-state index contributed by atoms with van der Waals surface area (Å²) in [7, 11) is 0. The van der Waals surface area contributed by atoms with Crippen LogP contribution in [0.1, 0.15) is 34.3 Å². The third-order valence-corrected chi connectivity index (χ3v) is 3.59. The van der Waals surface area contributed by atoms with Gasteiger partial charge in [-0.25, -0.2) is 9.48 Å². The van der Waals surface area contributed by atoms with Gasteiger partial charge in [0.2, 0.25) is 0 Å². The van der Waals surface area contributed by atoms with E-state index in [1.807, 2.05) is 18.2 Å². The van der Waals surface area contributed by atoms with Gasteiger partial charge in [-0.2, -0.15) is 5.10 Å². The van der Waals surface area contributed by atoms with E-state index in [9.17, 15) is 9.59 Å². The molecule has 2 atom stereocenters. The fourth-order valence-corrected chi connectivity index (χ4v) is 2.18. The van der Waals surface area contributed by atoms with Gasteiger partial charge in [0.1, 0.15) is 5.69 Å². The van der Waals surface area contributed by atoms with Gasteiger partial charge < -0.3 is 10.4 Å². The van der Waals surface area contributed by atoms with Crippen LogP contribution in [0.5, 0.6) is 0 Å². The lowest BCUT2D eigenvalue weighted by Gasteiger charge is -2.07. The highest BCUT2D eigenvalue weighted by Crippen LogP contribution is 2.29. The maximum atomic E-state index is 12.3. The molecule has 1 aromatic carbocycles. The lowest BCUT2D eigenvalue weighted by molar-refractivity contribution is 0.0689. The highest BCUT2D eigenvalue weighted by molar-refractivity contribution is 5.96. The first-order chi connectivity index (χ1) is 10.1. The molecule has 2 aromatic rings. The van der Waals surface area contributed by atoms with Crippen molar-refractivity contribution in [3.05, 3.63) is 47.8 Å². The summed E-state index contributed by atoms with van der Waals surface area (Å²) in [6, 6.07) is 10.5. The molecule has 21 heavy (non-hydrogen) atoms. The molecule has 6 heteroatoms. The topological polar surface area (TPSA) is 84.2 Å². The summed E-state index contributed by atoms with van der Waals surface area (Å²) in [4.78, 5) is 23.4. The van der Waals surface area contributed by atoms with E-state index in [0.29, 0.717) is 11.6 Å². The normalized spacial score (nSPS) is 20.0. The molecule has 108 valence electrons. The number of rotatable bonds is 4. The van der Waals surface area contributed by atoms with Crippen molar-refractivity contribution in [2.45, 2.75) is 19.4 Å². The molecule has 1 aromatic heterocycles. The van der Waals surface area contributed by atoms with Crippen molar-refractivity contribution in [3.63, 3.8) is 0 Å². The summed E-state index contributed by atoms with van der Waals surface area (Å²) in [5, 5.41) is 16.0. The molecule has 1 aliphatic carbocycles. The van der Waals surface area contributed by atoms with Crippen LogP contribution in [0.4, 0.5) is 0 Å². The van der Waals surface area contributed by atoms with Crippen molar-refractivity contribution in [1.29, 1.82) is 0 Å². The summed E-state index contributed by atoms with van der Waals surface area (Å²) in [6.45, 7) is 2.06. The molecule has 6 nitrogen and oxygen atoms in total. The van der Waals surface area contributed by atoms with Crippen molar-refractivity contribution < 1.29 is 14.7 Å². The Balaban J connectivity index is 1.97. The SMILES string of the molecule is C[C@H]1C[C@H]1NC(=O)c1cc(C(=O)O)nn1-c1ccccc1. The summed E-state index contributed by atoms with van der Waals surface area (Å²) in [5.41, 5.74) is 0.740. The predicted molar refractivity (Wildman–Crippen MR) is 75.6 cm³/mol. The summed E-state index contributed by atoms with van der Waals surface area (Å²) in [6.07, 6.45) is 0.955. The fraction of sp³-hybridized carbons (Fsp3) is 0.267. The molecule has 1 fully saturated rings. The van der Waals surface area contributed by atoms with E-state index in [-0.39, 0.29) is 23.3 Å². The van der Waals surface area contributed by atoms with Crippen LogP contribution in [-0.2, 0) is 0 Å². The fourth-order valence-electron chi connectivity index (χ4n) is 2.18. The number of nitrogens with zero attached hydrogens (tertiary/aromatic N) is 2. The molecule has 1 amide bonds. The largest absolute Gasteiger partial charge is 0.476 e. The number of aromatic carboxylic acids is 1. The number of carboxylic acids is 1. The average molecular weight is 285 g/mol. The maximum Gasteiger partial charge on any atom is 0.356 e. The van der Waals surface area contributed by atoms with Gasteiger partial charge in [-0.1, -0.05) is 25.1 Å². The average Bonchev–Trinajstić information content (AvgIpc) is 3.00. The van der Waals surface area contributed by atoms with E-state index in [2.05, 4.69) is 17.3 Å². The Kier molecular flexibility index (Phi) is 3.21. The first-order valence-electron chi connectivity index (χ1n) is 6.76. The number of para-hydroxylation sites is 1. The monoisotopic (exact) mass is 285 g/mol. The third-order valence-electron chi connectivity index (χ3n) is 3.59. The van der Waals surface area contributed by atoms with Gasteiger partial charge in [0, 0.05) is 12.1 Å². The van der Waals surface area contributed by atoms with Crippen molar-refractivity contribution in [1.82, 2.24) is 15.1 Å². The molecule has 0 bridgehead atoms. The van der Waals surface area contributed by atoms with E-state index < -0.39 is 5.97 Å². The number of amides is 1. The van der Waals surface area contributed by atoms with Crippen LogP contribution < -0.4 is 5.32 Å². The van der Waals surface area contributed by atoms with Crippen LogP contribution in [0.25, 0.3) is 5.69 Å². The zero-order chi connectivity index (χ0) is 15.0. The third kappa shape index (κ3) is 2.65. The first-order valence-corrected chi connectivity index (χ1v) is 6.76. The van der Waals surface area contributed by atoms with E-state index in [0.717, 1.165) is 6.42 Å². The molecule has 0 spiro atoms. The van der Waals surface area contributed by atoms with E-state index in [4.69, 9.17) is 5.11 Å². The van der Waals surface area contributed by atoms with Crippen LogP contribution in [0.2, 0.25) is 0 Å². The molecular weight excluding hydrogens is 270 g/mol. The second-order valence-electron chi connectivity index (χ2n) is 5.26. The second kappa shape index (κ2) is 5.05. The number of benzene rings is 1. The van der Waals surface area contributed by atoms with Gasteiger partial charge in [0.25, 0.3) is 5.91 Å². The Morgan fingerprint density at radius 2 is 2.00 bits per heavy atom. The van der Waals surface area contributed by atoms with Crippen LogP contribution in [0.3, 0.4) is 0 Å². The highest BCUT2D eigenvalue weighted by Gasteiger charge is 2.35. The van der Waals surface area contributed by atoms with Crippen molar-refractivity contribution in [2.75, 3.05) is 0 Å². The van der Waals surface area contributed by atoms with E-state index in [1.165, 1.54) is 10.7 Å². The van der Waals surface area contributed by atoms with E-state index in [1.54, 1.807) is 12.1 Å². The maximum absolute atomic E-state index is 12.3. The summed E-state index contributed by atoms with van der Waals surface area (Å²) in [5.74, 6) is -0.979. The molecule has 0 unspecified atom stereocenters. The number of hydrogen-bond donors (Lipinski definition) is 2. The second-order valence-corrected chi connectivity index (χ2v) is 5.26. The molecule has 0 radical (unpaired) electrons. The zero-order valence-corrected chi connectivity index (χ0v) is 11.5. The molecule has 2 N–H and O–H groups in total. The van der Waals surface area contributed by atoms with Gasteiger partial charge in [0.15, 0.2) is 5.69 Å². The van der Waals surface area contributed by atoms with Gasteiger partial charge in [-0.05, 0) is 24.5 Å². The summed E-state index contributed by atoms with van der Waals surface area (Å²) >= 11 is 0. The molecule has 3 rings (SSSR count). The number of carboxylic acid groups (broad SMARTS) is 1. The van der Waals surface area contributed by atoms with Gasteiger partial charge in [0.05, 0.1) is 5.69 Å². The lowest BCUT2D eigenvalue weighted by atomic mass is 10.3. The van der Waals surface area contributed by atoms with Gasteiger partial charge >= 0.3 is 5.97 Å². The van der Waals surface area contributed by atoms with Crippen LogP contribution in [-0.4, -0.2) is 32.8 Å². The Labute approximate surface area is 121 Å².